The molecule has 170 valence electrons. The van der Waals surface area contributed by atoms with E-state index in [4.69, 9.17) is 0 Å². The third-order valence-corrected chi connectivity index (χ3v) is 7.75. The zero-order chi connectivity index (χ0) is 20.1. The first-order valence-electron chi connectivity index (χ1n) is 12.4. The van der Waals surface area contributed by atoms with E-state index in [-0.39, 0.29) is 17.4 Å². The van der Waals surface area contributed by atoms with E-state index >= 15 is 0 Å². The number of hydrogen-bond donors (Lipinski definition) is 1. The van der Waals surface area contributed by atoms with E-state index in [2.05, 4.69) is 13.8 Å². The van der Waals surface area contributed by atoms with Crippen LogP contribution in [0.25, 0.3) is 0 Å². The minimum Gasteiger partial charge on any atom is -0.344 e. The predicted octanol–water partition coefficient (Wildman–Crippen LogP) is 9.10. The van der Waals surface area contributed by atoms with Crippen LogP contribution in [0.5, 0.6) is 0 Å². The van der Waals surface area contributed by atoms with Crippen molar-refractivity contribution in [3.05, 3.63) is 0 Å². The third kappa shape index (κ3) is 24.8. The molecular formula is C24H51CrO2P. The summed E-state index contributed by atoms with van der Waals surface area (Å²) in [4.78, 5) is 10.1. The Hall–Kier alpha value is 0.722. The first-order chi connectivity index (χ1) is 13.1. The maximum atomic E-state index is 12.2. The molecule has 4 heteroatoms. The fourth-order valence-electron chi connectivity index (χ4n) is 3.80. The second-order valence-corrected chi connectivity index (χ2v) is 11.2. The molecule has 0 aromatic carbocycles. The third-order valence-electron chi connectivity index (χ3n) is 5.72. The number of hydrogen-bond acceptors (Lipinski definition) is 1. The van der Waals surface area contributed by atoms with Crippen molar-refractivity contribution in [3.8, 4) is 0 Å². The molecule has 0 unspecified atom stereocenters. The Balaban J connectivity index is 0. The zero-order valence-electron chi connectivity index (χ0n) is 19.3. The summed E-state index contributed by atoms with van der Waals surface area (Å²) in [6.45, 7) is 4.52. The maximum absolute atomic E-state index is 12.2. The SMILES string of the molecule is CCCCCCCCCCCCP(=O)(O)CCCCCCCCCCCC.[Cr]. The monoisotopic (exact) mass is 454 g/mol. The van der Waals surface area contributed by atoms with Gasteiger partial charge in [-0.1, -0.05) is 129 Å². The van der Waals surface area contributed by atoms with Crippen molar-refractivity contribution in [1.29, 1.82) is 0 Å². The molecule has 0 spiro atoms. The van der Waals surface area contributed by atoms with Gasteiger partial charge in [-0.2, -0.15) is 0 Å². The van der Waals surface area contributed by atoms with Crippen LogP contribution in [0.2, 0.25) is 0 Å². The van der Waals surface area contributed by atoms with E-state index in [0.29, 0.717) is 12.3 Å². The largest absolute Gasteiger partial charge is 0.344 e. The molecule has 0 saturated heterocycles. The Labute approximate surface area is 188 Å². The Morgan fingerprint density at radius 1 is 0.464 bits per heavy atom. The minimum atomic E-state index is -2.84. The van der Waals surface area contributed by atoms with Gasteiger partial charge in [0.1, 0.15) is 0 Å². The average Bonchev–Trinajstić information content (AvgIpc) is 2.64. The average molecular weight is 455 g/mol. The Morgan fingerprint density at radius 3 is 0.929 bits per heavy atom. The molecule has 0 aliphatic carbocycles. The standard InChI is InChI=1S/C24H51O2P.Cr/c1-3-5-7-9-11-13-15-17-19-21-23-27(25,26)24-22-20-18-16-14-12-10-8-6-4-2;/h3-24H2,1-2H3,(H,25,26);. The van der Waals surface area contributed by atoms with Gasteiger partial charge in [-0.05, 0) is 12.8 Å². The molecule has 0 saturated carbocycles. The van der Waals surface area contributed by atoms with Gasteiger partial charge in [-0.15, -0.1) is 0 Å². The predicted molar refractivity (Wildman–Crippen MR) is 123 cm³/mol. The van der Waals surface area contributed by atoms with Gasteiger partial charge < -0.3 is 4.89 Å². The van der Waals surface area contributed by atoms with E-state index in [9.17, 15) is 9.46 Å². The van der Waals surface area contributed by atoms with Crippen molar-refractivity contribution in [1.82, 2.24) is 0 Å². The van der Waals surface area contributed by atoms with Crippen LogP contribution in [0.4, 0.5) is 0 Å². The summed E-state index contributed by atoms with van der Waals surface area (Å²) in [7, 11) is -2.84. The number of unbranched alkanes of at least 4 members (excludes halogenated alkanes) is 18. The molecule has 0 aliphatic rings. The molecule has 0 fully saturated rings. The van der Waals surface area contributed by atoms with Gasteiger partial charge >= 0.3 is 0 Å². The van der Waals surface area contributed by atoms with Crippen LogP contribution < -0.4 is 0 Å². The van der Waals surface area contributed by atoms with Gasteiger partial charge in [0.25, 0.3) is 0 Å². The Kier molecular flexibility index (Phi) is 26.5. The molecule has 2 nitrogen and oxygen atoms in total. The van der Waals surface area contributed by atoms with Crippen molar-refractivity contribution < 1.29 is 26.8 Å². The number of rotatable bonds is 22. The molecule has 0 radical (unpaired) electrons. The van der Waals surface area contributed by atoms with E-state index in [1.807, 2.05) is 0 Å². The van der Waals surface area contributed by atoms with Crippen LogP contribution in [0, 0.1) is 0 Å². The van der Waals surface area contributed by atoms with E-state index in [1.54, 1.807) is 0 Å². The molecule has 0 aromatic heterocycles. The van der Waals surface area contributed by atoms with Crippen LogP contribution in [-0.2, 0) is 21.9 Å². The van der Waals surface area contributed by atoms with Crippen LogP contribution in [0.1, 0.15) is 142 Å². The molecule has 1 N–H and O–H groups in total. The fraction of sp³-hybridized carbons (Fsp3) is 1.00. The van der Waals surface area contributed by atoms with E-state index < -0.39 is 7.37 Å². The molecule has 28 heavy (non-hydrogen) atoms. The van der Waals surface area contributed by atoms with Crippen LogP contribution in [0.15, 0.2) is 0 Å². The molecule has 0 aliphatic heterocycles. The normalized spacial score (nSPS) is 11.5. The quantitative estimate of drug-likeness (QED) is 0.131. The summed E-state index contributed by atoms with van der Waals surface area (Å²) < 4.78 is 12.2. The van der Waals surface area contributed by atoms with Crippen LogP contribution in [0.3, 0.4) is 0 Å². The van der Waals surface area contributed by atoms with Crippen LogP contribution >= 0.6 is 7.37 Å². The van der Waals surface area contributed by atoms with Gasteiger partial charge in [0.15, 0.2) is 0 Å². The Bertz CT molecular complexity index is 309. The Morgan fingerprint density at radius 2 is 0.679 bits per heavy atom. The summed E-state index contributed by atoms with van der Waals surface area (Å²) in [5, 5.41) is 0. The molecule has 0 amide bonds. The second-order valence-electron chi connectivity index (χ2n) is 8.66. The minimum absolute atomic E-state index is 0. The second kappa shape index (κ2) is 24.0. The van der Waals surface area contributed by atoms with Crippen LogP contribution in [-0.4, -0.2) is 17.2 Å². The summed E-state index contributed by atoms with van der Waals surface area (Å²) in [6, 6.07) is 0. The maximum Gasteiger partial charge on any atom is 0.200 e. The topological polar surface area (TPSA) is 37.3 Å². The smallest absolute Gasteiger partial charge is 0.200 e. The van der Waals surface area contributed by atoms with E-state index in [1.165, 1.54) is 103 Å². The van der Waals surface area contributed by atoms with Gasteiger partial charge in [-0.3, -0.25) is 4.57 Å². The molecular weight excluding hydrogens is 403 g/mol. The summed E-state index contributed by atoms with van der Waals surface area (Å²) in [5.74, 6) is 0. The summed E-state index contributed by atoms with van der Waals surface area (Å²) >= 11 is 0. The van der Waals surface area contributed by atoms with Crippen molar-refractivity contribution in [3.63, 3.8) is 0 Å². The molecule has 0 atom stereocenters. The van der Waals surface area contributed by atoms with Crippen molar-refractivity contribution in [2.24, 2.45) is 0 Å². The molecule has 0 bridgehead atoms. The van der Waals surface area contributed by atoms with Crippen molar-refractivity contribution in [2.45, 2.75) is 142 Å². The van der Waals surface area contributed by atoms with E-state index in [0.717, 1.165) is 25.7 Å². The first-order valence-corrected chi connectivity index (χ1v) is 14.5. The van der Waals surface area contributed by atoms with Gasteiger partial charge in [-0.25, -0.2) is 0 Å². The molecule has 0 aromatic rings. The van der Waals surface area contributed by atoms with Gasteiger partial charge in [0, 0.05) is 29.7 Å². The van der Waals surface area contributed by atoms with Gasteiger partial charge in [0.05, 0.1) is 0 Å². The molecule has 0 heterocycles. The summed E-state index contributed by atoms with van der Waals surface area (Å²) in [5.41, 5.74) is 0. The van der Waals surface area contributed by atoms with Gasteiger partial charge in [0.2, 0.25) is 7.37 Å². The summed E-state index contributed by atoms with van der Waals surface area (Å²) in [6.07, 6.45) is 26.8. The van der Waals surface area contributed by atoms with Crippen molar-refractivity contribution in [2.75, 3.05) is 12.3 Å². The first kappa shape index (κ1) is 30.9. The van der Waals surface area contributed by atoms with Crippen molar-refractivity contribution >= 4 is 7.37 Å². The molecule has 0 rings (SSSR count). The fourth-order valence-corrected chi connectivity index (χ4v) is 5.46. The zero-order valence-corrected chi connectivity index (χ0v) is 21.4.